The van der Waals surface area contributed by atoms with Gasteiger partial charge in [-0.25, -0.2) is 0 Å². The molecule has 1 heterocycles. The van der Waals surface area contributed by atoms with E-state index in [1.54, 1.807) is 4.90 Å². The maximum absolute atomic E-state index is 11.8. The normalized spacial score (nSPS) is 19.7. The summed E-state index contributed by atoms with van der Waals surface area (Å²) < 4.78 is 0. The Morgan fingerprint density at radius 3 is 2.88 bits per heavy atom. The predicted molar refractivity (Wildman–Crippen MR) is 63.9 cm³/mol. The average Bonchev–Trinajstić information content (AvgIpc) is 2.72. The smallest absolute Gasteiger partial charge is 0.308 e. The number of aliphatic carboxylic acids is 1. The fraction of sp³-hybridized carbons (Fsp3) is 0.385. The summed E-state index contributed by atoms with van der Waals surface area (Å²) in [7, 11) is 0. The summed E-state index contributed by atoms with van der Waals surface area (Å²) in [6.07, 6.45) is 1.00. The van der Waals surface area contributed by atoms with Crippen molar-refractivity contribution in [3.05, 3.63) is 29.8 Å². The SMILES string of the molecule is CCc1cccc(N2C[C@@H](C(=O)O)CC2=O)c1. The third-order valence-corrected chi connectivity index (χ3v) is 3.10. The summed E-state index contributed by atoms with van der Waals surface area (Å²) in [6, 6.07) is 7.69. The second kappa shape index (κ2) is 4.57. The minimum Gasteiger partial charge on any atom is -0.481 e. The van der Waals surface area contributed by atoms with E-state index in [0.29, 0.717) is 0 Å². The molecule has 2 rings (SSSR count). The van der Waals surface area contributed by atoms with Crippen LogP contribution < -0.4 is 4.90 Å². The molecule has 1 aliphatic heterocycles. The Balaban J connectivity index is 2.22. The van der Waals surface area contributed by atoms with Crippen LogP contribution in [0.15, 0.2) is 24.3 Å². The number of carbonyl (C=O) groups excluding carboxylic acids is 1. The van der Waals surface area contributed by atoms with E-state index in [1.807, 2.05) is 31.2 Å². The molecule has 0 spiro atoms. The van der Waals surface area contributed by atoms with E-state index in [1.165, 1.54) is 0 Å². The number of nitrogens with zero attached hydrogens (tertiary/aromatic N) is 1. The molecule has 1 fully saturated rings. The summed E-state index contributed by atoms with van der Waals surface area (Å²) in [5, 5.41) is 8.92. The molecule has 0 aliphatic carbocycles. The number of anilines is 1. The molecule has 0 saturated carbocycles. The Morgan fingerprint density at radius 2 is 2.29 bits per heavy atom. The summed E-state index contributed by atoms with van der Waals surface area (Å²) in [4.78, 5) is 24.2. The third-order valence-electron chi connectivity index (χ3n) is 3.10. The van der Waals surface area contributed by atoms with Gasteiger partial charge in [0.05, 0.1) is 5.92 Å². The molecule has 0 unspecified atom stereocenters. The van der Waals surface area contributed by atoms with Gasteiger partial charge in [-0.2, -0.15) is 0 Å². The van der Waals surface area contributed by atoms with Crippen LogP contribution in [-0.2, 0) is 16.0 Å². The Hall–Kier alpha value is -1.84. The zero-order valence-corrected chi connectivity index (χ0v) is 9.72. The van der Waals surface area contributed by atoms with E-state index in [-0.39, 0.29) is 18.9 Å². The molecule has 1 saturated heterocycles. The number of rotatable bonds is 3. The van der Waals surface area contributed by atoms with Gasteiger partial charge in [0, 0.05) is 18.7 Å². The number of carboxylic acids is 1. The van der Waals surface area contributed by atoms with Gasteiger partial charge in [-0.05, 0) is 24.1 Å². The summed E-state index contributed by atoms with van der Waals surface area (Å²) in [5.41, 5.74) is 1.95. The molecule has 0 bridgehead atoms. The zero-order chi connectivity index (χ0) is 12.4. The van der Waals surface area contributed by atoms with Gasteiger partial charge >= 0.3 is 5.97 Å². The second-order valence-electron chi connectivity index (χ2n) is 4.27. The Kier molecular flexibility index (Phi) is 3.13. The summed E-state index contributed by atoms with van der Waals surface area (Å²) in [5.74, 6) is -1.58. The number of carbonyl (C=O) groups is 2. The van der Waals surface area contributed by atoms with E-state index in [4.69, 9.17) is 5.11 Å². The number of carboxylic acid groups (broad SMARTS) is 1. The molecule has 1 N–H and O–H groups in total. The highest BCUT2D eigenvalue weighted by molar-refractivity contribution is 5.99. The number of aryl methyl sites for hydroxylation is 1. The second-order valence-corrected chi connectivity index (χ2v) is 4.27. The van der Waals surface area contributed by atoms with Gasteiger partial charge < -0.3 is 10.0 Å². The Morgan fingerprint density at radius 1 is 1.53 bits per heavy atom. The fourth-order valence-electron chi connectivity index (χ4n) is 2.07. The van der Waals surface area contributed by atoms with Crippen LogP contribution in [0.3, 0.4) is 0 Å². The number of amides is 1. The van der Waals surface area contributed by atoms with E-state index in [2.05, 4.69) is 0 Å². The lowest BCUT2D eigenvalue weighted by molar-refractivity contribution is -0.141. The molecule has 1 aromatic carbocycles. The Bertz CT molecular complexity index is 456. The van der Waals surface area contributed by atoms with Crippen LogP contribution in [0.2, 0.25) is 0 Å². The zero-order valence-electron chi connectivity index (χ0n) is 9.72. The van der Waals surface area contributed by atoms with E-state index >= 15 is 0 Å². The molecular weight excluding hydrogens is 218 g/mol. The summed E-state index contributed by atoms with van der Waals surface area (Å²) >= 11 is 0. The first-order valence-electron chi connectivity index (χ1n) is 5.74. The molecule has 1 atom stereocenters. The van der Waals surface area contributed by atoms with Crippen LogP contribution in [0.1, 0.15) is 18.9 Å². The van der Waals surface area contributed by atoms with E-state index < -0.39 is 11.9 Å². The van der Waals surface area contributed by atoms with Crippen LogP contribution in [-0.4, -0.2) is 23.5 Å². The van der Waals surface area contributed by atoms with Gasteiger partial charge in [0.15, 0.2) is 0 Å². The predicted octanol–water partition coefficient (Wildman–Crippen LogP) is 1.69. The highest BCUT2D eigenvalue weighted by Gasteiger charge is 2.34. The number of hydrogen-bond donors (Lipinski definition) is 1. The van der Waals surface area contributed by atoms with Gasteiger partial charge in [0.25, 0.3) is 0 Å². The van der Waals surface area contributed by atoms with Gasteiger partial charge in [0.1, 0.15) is 0 Å². The van der Waals surface area contributed by atoms with Crippen LogP contribution in [0.5, 0.6) is 0 Å². The van der Waals surface area contributed by atoms with Gasteiger partial charge in [-0.1, -0.05) is 19.1 Å². The quantitative estimate of drug-likeness (QED) is 0.864. The van der Waals surface area contributed by atoms with Crippen LogP contribution >= 0.6 is 0 Å². The molecule has 90 valence electrons. The van der Waals surface area contributed by atoms with Gasteiger partial charge in [-0.15, -0.1) is 0 Å². The van der Waals surface area contributed by atoms with E-state index in [9.17, 15) is 9.59 Å². The molecular formula is C13H15NO3. The van der Waals surface area contributed by atoms with Crippen molar-refractivity contribution in [2.24, 2.45) is 5.92 Å². The van der Waals surface area contributed by atoms with Crippen LogP contribution in [0, 0.1) is 5.92 Å². The van der Waals surface area contributed by atoms with Crippen molar-refractivity contribution in [3.63, 3.8) is 0 Å². The van der Waals surface area contributed by atoms with Crippen molar-refractivity contribution in [2.75, 3.05) is 11.4 Å². The van der Waals surface area contributed by atoms with E-state index in [0.717, 1.165) is 17.7 Å². The van der Waals surface area contributed by atoms with Crippen molar-refractivity contribution < 1.29 is 14.7 Å². The van der Waals surface area contributed by atoms with Crippen LogP contribution in [0.25, 0.3) is 0 Å². The third kappa shape index (κ3) is 2.30. The van der Waals surface area contributed by atoms with Crippen molar-refractivity contribution >= 4 is 17.6 Å². The number of hydrogen-bond acceptors (Lipinski definition) is 2. The molecule has 1 aliphatic rings. The van der Waals surface area contributed by atoms with Gasteiger partial charge in [0.2, 0.25) is 5.91 Å². The minimum absolute atomic E-state index is 0.103. The minimum atomic E-state index is -0.896. The molecule has 1 amide bonds. The lowest BCUT2D eigenvalue weighted by atomic mass is 10.1. The molecule has 17 heavy (non-hydrogen) atoms. The molecule has 4 heteroatoms. The first-order valence-corrected chi connectivity index (χ1v) is 5.74. The van der Waals surface area contributed by atoms with Crippen molar-refractivity contribution in [2.45, 2.75) is 19.8 Å². The maximum atomic E-state index is 11.8. The maximum Gasteiger partial charge on any atom is 0.308 e. The van der Waals surface area contributed by atoms with Gasteiger partial charge in [-0.3, -0.25) is 9.59 Å². The highest BCUT2D eigenvalue weighted by Crippen LogP contribution is 2.25. The first kappa shape index (κ1) is 11.6. The summed E-state index contributed by atoms with van der Waals surface area (Å²) in [6.45, 7) is 2.33. The lowest BCUT2D eigenvalue weighted by Gasteiger charge is -2.16. The fourth-order valence-corrected chi connectivity index (χ4v) is 2.07. The molecule has 0 aromatic heterocycles. The lowest BCUT2D eigenvalue weighted by Crippen LogP contribution is -2.25. The molecule has 1 aromatic rings. The van der Waals surface area contributed by atoms with Crippen molar-refractivity contribution in [1.29, 1.82) is 0 Å². The average molecular weight is 233 g/mol. The first-order chi connectivity index (χ1) is 8.11. The standard InChI is InChI=1S/C13H15NO3/c1-2-9-4-3-5-11(6-9)14-8-10(13(16)17)7-12(14)15/h3-6,10H,2,7-8H2,1H3,(H,16,17)/t10-/m0/s1. The topological polar surface area (TPSA) is 57.6 Å². The monoisotopic (exact) mass is 233 g/mol. The number of benzene rings is 1. The molecule has 4 nitrogen and oxygen atoms in total. The van der Waals surface area contributed by atoms with Crippen molar-refractivity contribution in [1.82, 2.24) is 0 Å². The molecule has 0 radical (unpaired) electrons. The van der Waals surface area contributed by atoms with Crippen LogP contribution in [0.4, 0.5) is 5.69 Å². The largest absolute Gasteiger partial charge is 0.481 e. The highest BCUT2D eigenvalue weighted by atomic mass is 16.4. The van der Waals surface area contributed by atoms with Crippen molar-refractivity contribution in [3.8, 4) is 0 Å². The Labute approximate surface area is 99.9 Å².